The Hall–Kier alpha value is -0.160. The predicted molar refractivity (Wildman–Crippen MR) is 42.8 cm³/mol. The lowest BCUT2D eigenvalue weighted by atomic mass is 9.90. The molecule has 0 unspecified atom stereocenters. The van der Waals surface area contributed by atoms with Crippen LogP contribution in [0.15, 0.2) is 0 Å². The van der Waals surface area contributed by atoms with Crippen molar-refractivity contribution in [2.24, 2.45) is 0 Å². The van der Waals surface area contributed by atoms with E-state index in [9.17, 15) is 10.2 Å². The average molecular weight is 176 g/mol. The molecule has 72 valence electrons. The second kappa shape index (κ2) is 3.30. The molecule has 2 N–H and O–H groups in total. The second-order valence-corrected chi connectivity index (χ2v) is 3.63. The largest absolute Gasteiger partial charge is 0.388 e. The Labute approximate surface area is 72.1 Å². The lowest BCUT2D eigenvalue weighted by Gasteiger charge is -2.42. The first-order chi connectivity index (χ1) is 5.49. The van der Waals surface area contributed by atoms with Gasteiger partial charge in [-0.25, -0.2) is 0 Å². The zero-order chi connectivity index (χ0) is 9.35. The number of rotatable bonds is 1. The van der Waals surface area contributed by atoms with Crippen LogP contribution in [0.25, 0.3) is 0 Å². The summed E-state index contributed by atoms with van der Waals surface area (Å²) in [7, 11) is 1.50. The van der Waals surface area contributed by atoms with Crippen molar-refractivity contribution in [1.29, 1.82) is 0 Å². The number of methoxy groups -OCH3 is 1. The molecule has 1 fully saturated rings. The Morgan fingerprint density at radius 1 is 1.42 bits per heavy atom. The monoisotopic (exact) mass is 176 g/mol. The molecule has 0 amide bonds. The third kappa shape index (κ3) is 1.61. The van der Waals surface area contributed by atoms with Crippen molar-refractivity contribution in [2.75, 3.05) is 13.7 Å². The number of hydrogen-bond donors (Lipinski definition) is 2. The van der Waals surface area contributed by atoms with E-state index in [2.05, 4.69) is 0 Å². The lowest BCUT2D eigenvalue weighted by Crippen LogP contribution is -2.58. The highest BCUT2D eigenvalue weighted by molar-refractivity contribution is 4.93. The van der Waals surface area contributed by atoms with Crippen molar-refractivity contribution in [1.82, 2.24) is 0 Å². The Bertz CT molecular complexity index is 157. The topological polar surface area (TPSA) is 58.9 Å². The molecule has 4 nitrogen and oxygen atoms in total. The van der Waals surface area contributed by atoms with Crippen LogP contribution in [0.5, 0.6) is 0 Å². The van der Waals surface area contributed by atoms with E-state index < -0.39 is 23.9 Å². The molecular formula is C8H16O4. The van der Waals surface area contributed by atoms with Gasteiger partial charge >= 0.3 is 0 Å². The van der Waals surface area contributed by atoms with Crippen LogP contribution in [0.4, 0.5) is 0 Å². The zero-order valence-corrected chi connectivity index (χ0v) is 7.65. The van der Waals surface area contributed by atoms with Gasteiger partial charge in [0, 0.05) is 7.11 Å². The summed E-state index contributed by atoms with van der Waals surface area (Å²) in [6, 6.07) is 0. The third-order valence-electron chi connectivity index (χ3n) is 2.27. The van der Waals surface area contributed by atoms with Crippen LogP contribution in [-0.2, 0) is 9.47 Å². The van der Waals surface area contributed by atoms with Crippen LogP contribution in [-0.4, -0.2) is 47.8 Å². The molecule has 1 rings (SSSR count). The van der Waals surface area contributed by atoms with Crippen molar-refractivity contribution in [3.05, 3.63) is 0 Å². The minimum Gasteiger partial charge on any atom is -0.388 e. The van der Waals surface area contributed by atoms with Crippen molar-refractivity contribution in [3.63, 3.8) is 0 Å². The maximum Gasteiger partial charge on any atom is 0.114 e. The molecule has 3 atom stereocenters. The van der Waals surface area contributed by atoms with Crippen molar-refractivity contribution < 1.29 is 19.7 Å². The van der Waals surface area contributed by atoms with Gasteiger partial charge in [0.15, 0.2) is 0 Å². The predicted octanol–water partition coefficient (Wildman–Crippen LogP) is -0.468. The normalized spacial score (nSPS) is 41.2. The summed E-state index contributed by atoms with van der Waals surface area (Å²) >= 11 is 0. The van der Waals surface area contributed by atoms with Crippen LogP contribution < -0.4 is 0 Å². The van der Waals surface area contributed by atoms with Crippen LogP contribution >= 0.6 is 0 Å². The summed E-state index contributed by atoms with van der Waals surface area (Å²) in [5, 5.41) is 18.8. The van der Waals surface area contributed by atoms with E-state index in [1.165, 1.54) is 7.11 Å². The van der Waals surface area contributed by atoms with Gasteiger partial charge in [-0.3, -0.25) is 0 Å². The second-order valence-electron chi connectivity index (χ2n) is 3.63. The van der Waals surface area contributed by atoms with Gasteiger partial charge in [-0.1, -0.05) is 0 Å². The van der Waals surface area contributed by atoms with Crippen molar-refractivity contribution in [2.45, 2.75) is 37.8 Å². The molecule has 1 aliphatic rings. The van der Waals surface area contributed by atoms with Crippen LogP contribution in [0.3, 0.4) is 0 Å². The molecule has 0 aromatic heterocycles. The Kier molecular flexibility index (Phi) is 2.73. The minimum absolute atomic E-state index is 0.161. The highest BCUT2D eigenvalue weighted by Gasteiger charge is 2.44. The van der Waals surface area contributed by atoms with Gasteiger partial charge in [-0.15, -0.1) is 0 Å². The van der Waals surface area contributed by atoms with Crippen molar-refractivity contribution >= 4 is 0 Å². The number of hydrogen-bond acceptors (Lipinski definition) is 4. The SMILES string of the molecule is CO[C@H]1[C@@H](O)[C@@H](O)COC1(C)C. The van der Waals surface area contributed by atoms with E-state index >= 15 is 0 Å². The van der Waals surface area contributed by atoms with Gasteiger partial charge in [0.05, 0.1) is 12.2 Å². The van der Waals surface area contributed by atoms with E-state index in [1.807, 2.05) is 13.8 Å². The summed E-state index contributed by atoms with van der Waals surface area (Å²) in [5.74, 6) is 0. The van der Waals surface area contributed by atoms with Gasteiger partial charge in [0.25, 0.3) is 0 Å². The van der Waals surface area contributed by atoms with E-state index in [-0.39, 0.29) is 6.61 Å². The first-order valence-electron chi connectivity index (χ1n) is 4.02. The molecule has 0 spiro atoms. The van der Waals surface area contributed by atoms with E-state index in [1.54, 1.807) is 0 Å². The maximum absolute atomic E-state index is 9.52. The molecule has 1 heterocycles. The summed E-state index contributed by atoms with van der Waals surface area (Å²) < 4.78 is 10.4. The molecule has 4 heteroatoms. The van der Waals surface area contributed by atoms with Gasteiger partial charge in [0.2, 0.25) is 0 Å². The molecule has 0 radical (unpaired) electrons. The standard InChI is InChI=1S/C8H16O4/c1-8(2)7(11-3)6(10)5(9)4-12-8/h5-7,9-10H,4H2,1-3H3/t5-,6-,7-/m0/s1. The highest BCUT2D eigenvalue weighted by atomic mass is 16.6. The van der Waals surface area contributed by atoms with Crippen LogP contribution in [0.1, 0.15) is 13.8 Å². The fourth-order valence-corrected chi connectivity index (χ4v) is 1.52. The molecule has 0 aliphatic carbocycles. The Balaban J connectivity index is 2.72. The summed E-state index contributed by atoms with van der Waals surface area (Å²) in [4.78, 5) is 0. The summed E-state index contributed by atoms with van der Waals surface area (Å²) in [5.41, 5.74) is -0.534. The Morgan fingerprint density at radius 2 is 2.00 bits per heavy atom. The fourth-order valence-electron chi connectivity index (χ4n) is 1.52. The Morgan fingerprint density at radius 3 is 2.42 bits per heavy atom. The fraction of sp³-hybridized carbons (Fsp3) is 1.00. The molecule has 0 aromatic carbocycles. The van der Waals surface area contributed by atoms with Gasteiger partial charge in [-0.2, -0.15) is 0 Å². The van der Waals surface area contributed by atoms with E-state index in [4.69, 9.17) is 9.47 Å². The van der Waals surface area contributed by atoms with Gasteiger partial charge in [0.1, 0.15) is 18.3 Å². The summed E-state index contributed by atoms with van der Waals surface area (Å²) in [6.45, 7) is 3.82. The number of aliphatic hydroxyl groups excluding tert-OH is 2. The van der Waals surface area contributed by atoms with Crippen molar-refractivity contribution in [3.8, 4) is 0 Å². The lowest BCUT2D eigenvalue weighted by molar-refractivity contribution is -0.230. The zero-order valence-electron chi connectivity index (χ0n) is 7.65. The third-order valence-corrected chi connectivity index (χ3v) is 2.27. The quantitative estimate of drug-likeness (QED) is 0.567. The first-order valence-corrected chi connectivity index (χ1v) is 4.02. The molecule has 0 bridgehead atoms. The molecule has 0 aromatic rings. The molecule has 1 aliphatic heterocycles. The minimum atomic E-state index is -0.862. The van der Waals surface area contributed by atoms with Gasteiger partial charge in [-0.05, 0) is 13.8 Å². The average Bonchev–Trinajstić information content (AvgIpc) is 1.99. The molecule has 12 heavy (non-hydrogen) atoms. The maximum atomic E-state index is 9.52. The summed E-state index contributed by atoms with van der Waals surface area (Å²) in [6.07, 6.45) is -2.18. The smallest absolute Gasteiger partial charge is 0.114 e. The number of ether oxygens (including phenoxy) is 2. The number of aliphatic hydroxyl groups is 2. The first kappa shape index (κ1) is 9.92. The van der Waals surface area contributed by atoms with Gasteiger partial charge < -0.3 is 19.7 Å². The molecule has 0 saturated carbocycles. The highest BCUT2D eigenvalue weighted by Crippen LogP contribution is 2.27. The van der Waals surface area contributed by atoms with E-state index in [0.717, 1.165) is 0 Å². The van der Waals surface area contributed by atoms with Crippen LogP contribution in [0, 0.1) is 0 Å². The van der Waals surface area contributed by atoms with Crippen LogP contribution in [0.2, 0.25) is 0 Å². The van der Waals surface area contributed by atoms with E-state index in [0.29, 0.717) is 0 Å². The molecule has 1 saturated heterocycles. The molecular weight excluding hydrogens is 160 g/mol.